The predicted molar refractivity (Wildman–Crippen MR) is 75.6 cm³/mol. The van der Waals surface area contributed by atoms with E-state index in [1.54, 1.807) is 12.1 Å². The van der Waals surface area contributed by atoms with E-state index in [4.69, 9.17) is 0 Å². The van der Waals surface area contributed by atoms with E-state index in [1.807, 2.05) is 17.9 Å². The number of nitrogens with zero attached hydrogens (tertiary/aromatic N) is 3. The summed E-state index contributed by atoms with van der Waals surface area (Å²) in [5, 5.41) is 18.4. The first kappa shape index (κ1) is 12.7. The SMILES string of the molecule is Cn1ncc2c1CCC[C@@H]2Nc1ccc([N+](=O)[O-])cc1. The molecule has 3 rings (SSSR count). The molecule has 1 heterocycles. The zero-order valence-electron chi connectivity index (χ0n) is 11.2. The first-order valence-corrected chi connectivity index (χ1v) is 6.67. The van der Waals surface area contributed by atoms with E-state index >= 15 is 0 Å². The molecule has 0 spiro atoms. The molecule has 0 saturated heterocycles. The lowest BCUT2D eigenvalue weighted by atomic mass is 9.93. The number of anilines is 1. The number of fused-ring (bicyclic) bond motifs is 1. The molecular weight excluding hydrogens is 256 g/mol. The van der Waals surface area contributed by atoms with Crippen molar-refractivity contribution in [1.29, 1.82) is 0 Å². The molecule has 1 aromatic carbocycles. The molecule has 6 nitrogen and oxygen atoms in total. The Hall–Kier alpha value is -2.37. The van der Waals surface area contributed by atoms with Crippen LogP contribution in [0.2, 0.25) is 0 Å². The summed E-state index contributed by atoms with van der Waals surface area (Å²) < 4.78 is 1.93. The maximum atomic E-state index is 10.6. The largest absolute Gasteiger partial charge is 0.378 e. The molecule has 1 aliphatic rings. The number of hydrogen-bond donors (Lipinski definition) is 1. The fraction of sp³-hybridized carbons (Fsp3) is 0.357. The van der Waals surface area contributed by atoms with Gasteiger partial charge in [0, 0.05) is 36.1 Å². The first-order valence-electron chi connectivity index (χ1n) is 6.67. The predicted octanol–water partition coefficient (Wildman–Crippen LogP) is 2.82. The summed E-state index contributed by atoms with van der Waals surface area (Å²) in [7, 11) is 1.97. The Bertz CT molecular complexity index is 633. The average molecular weight is 272 g/mol. The highest BCUT2D eigenvalue weighted by Crippen LogP contribution is 2.32. The van der Waals surface area contributed by atoms with Gasteiger partial charge in [0.25, 0.3) is 5.69 Å². The molecule has 2 aromatic rings. The maximum Gasteiger partial charge on any atom is 0.269 e. The summed E-state index contributed by atoms with van der Waals surface area (Å²) in [6.45, 7) is 0. The van der Waals surface area contributed by atoms with E-state index in [0.717, 1.165) is 24.9 Å². The van der Waals surface area contributed by atoms with Crippen LogP contribution in [0.15, 0.2) is 30.5 Å². The summed E-state index contributed by atoms with van der Waals surface area (Å²) >= 11 is 0. The van der Waals surface area contributed by atoms with Gasteiger partial charge in [0.1, 0.15) is 0 Å². The van der Waals surface area contributed by atoms with Gasteiger partial charge in [-0.1, -0.05) is 0 Å². The van der Waals surface area contributed by atoms with Gasteiger partial charge in [-0.15, -0.1) is 0 Å². The Labute approximate surface area is 116 Å². The van der Waals surface area contributed by atoms with Crippen molar-refractivity contribution in [2.75, 3.05) is 5.32 Å². The second kappa shape index (κ2) is 4.96. The Morgan fingerprint density at radius 2 is 2.15 bits per heavy atom. The summed E-state index contributed by atoms with van der Waals surface area (Å²) in [5.41, 5.74) is 3.52. The molecule has 0 unspecified atom stereocenters. The van der Waals surface area contributed by atoms with Crippen molar-refractivity contribution in [3.63, 3.8) is 0 Å². The summed E-state index contributed by atoms with van der Waals surface area (Å²) in [5.74, 6) is 0. The summed E-state index contributed by atoms with van der Waals surface area (Å²) in [6.07, 6.45) is 5.15. The number of benzene rings is 1. The third kappa shape index (κ3) is 2.24. The molecule has 0 aliphatic heterocycles. The quantitative estimate of drug-likeness (QED) is 0.688. The van der Waals surface area contributed by atoms with Crippen LogP contribution in [0.5, 0.6) is 0 Å². The van der Waals surface area contributed by atoms with Crippen molar-refractivity contribution < 1.29 is 4.92 Å². The number of non-ortho nitro benzene ring substituents is 1. The van der Waals surface area contributed by atoms with Gasteiger partial charge in [0.2, 0.25) is 0 Å². The van der Waals surface area contributed by atoms with Crippen LogP contribution in [0.25, 0.3) is 0 Å². The van der Waals surface area contributed by atoms with Crippen LogP contribution >= 0.6 is 0 Å². The number of aromatic nitrogens is 2. The maximum absolute atomic E-state index is 10.6. The molecule has 0 fully saturated rings. The van der Waals surface area contributed by atoms with Crippen LogP contribution in [-0.2, 0) is 13.5 Å². The molecule has 0 amide bonds. The molecule has 1 N–H and O–H groups in total. The van der Waals surface area contributed by atoms with Crippen molar-refractivity contribution in [2.45, 2.75) is 25.3 Å². The van der Waals surface area contributed by atoms with Crippen LogP contribution in [0.4, 0.5) is 11.4 Å². The lowest BCUT2D eigenvalue weighted by Crippen LogP contribution is -2.17. The van der Waals surface area contributed by atoms with Gasteiger partial charge in [-0.25, -0.2) is 0 Å². The highest BCUT2D eigenvalue weighted by molar-refractivity contribution is 5.50. The molecule has 1 atom stereocenters. The minimum Gasteiger partial charge on any atom is -0.378 e. The zero-order valence-corrected chi connectivity index (χ0v) is 11.2. The number of nitro benzene ring substituents is 1. The average Bonchev–Trinajstić information content (AvgIpc) is 2.82. The van der Waals surface area contributed by atoms with E-state index in [1.165, 1.54) is 23.4 Å². The Kier molecular flexibility index (Phi) is 3.14. The molecule has 0 radical (unpaired) electrons. The summed E-state index contributed by atoms with van der Waals surface area (Å²) in [4.78, 5) is 10.3. The van der Waals surface area contributed by atoms with Crippen molar-refractivity contribution in [1.82, 2.24) is 9.78 Å². The molecule has 0 bridgehead atoms. The normalized spacial score (nSPS) is 17.6. The second-order valence-corrected chi connectivity index (χ2v) is 5.06. The van der Waals surface area contributed by atoms with Crippen LogP contribution in [0, 0.1) is 10.1 Å². The van der Waals surface area contributed by atoms with Crippen LogP contribution < -0.4 is 5.32 Å². The number of aryl methyl sites for hydroxylation is 1. The van der Waals surface area contributed by atoms with Crippen LogP contribution in [0.3, 0.4) is 0 Å². The van der Waals surface area contributed by atoms with Gasteiger partial charge >= 0.3 is 0 Å². The Balaban J connectivity index is 1.80. The highest BCUT2D eigenvalue weighted by atomic mass is 16.6. The van der Waals surface area contributed by atoms with Gasteiger partial charge in [-0.3, -0.25) is 14.8 Å². The van der Waals surface area contributed by atoms with E-state index in [2.05, 4.69) is 10.4 Å². The molecule has 6 heteroatoms. The summed E-state index contributed by atoms with van der Waals surface area (Å²) in [6, 6.07) is 6.78. The number of rotatable bonds is 3. The number of nitro groups is 1. The Morgan fingerprint density at radius 3 is 2.85 bits per heavy atom. The van der Waals surface area contributed by atoms with Crippen molar-refractivity contribution in [3.8, 4) is 0 Å². The van der Waals surface area contributed by atoms with E-state index < -0.39 is 0 Å². The number of hydrogen-bond acceptors (Lipinski definition) is 4. The minimum absolute atomic E-state index is 0.112. The third-order valence-electron chi connectivity index (χ3n) is 3.79. The molecule has 1 aliphatic carbocycles. The van der Waals surface area contributed by atoms with Gasteiger partial charge in [0.05, 0.1) is 17.2 Å². The number of nitrogens with one attached hydrogen (secondary N) is 1. The smallest absolute Gasteiger partial charge is 0.269 e. The third-order valence-corrected chi connectivity index (χ3v) is 3.79. The molecule has 0 saturated carbocycles. The van der Waals surface area contributed by atoms with Gasteiger partial charge in [-0.05, 0) is 31.4 Å². The molecule has 104 valence electrons. The monoisotopic (exact) mass is 272 g/mol. The van der Waals surface area contributed by atoms with Crippen LogP contribution in [0.1, 0.15) is 30.1 Å². The van der Waals surface area contributed by atoms with Crippen LogP contribution in [-0.4, -0.2) is 14.7 Å². The molecule has 20 heavy (non-hydrogen) atoms. The Morgan fingerprint density at radius 1 is 1.40 bits per heavy atom. The van der Waals surface area contributed by atoms with Gasteiger partial charge in [0.15, 0.2) is 0 Å². The van der Waals surface area contributed by atoms with Gasteiger partial charge in [-0.2, -0.15) is 5.10 Å². The standard InChI is InChI=1S/C14H16N4O2/c1-17-14-4-2-3-13(12(14)9-15-17)16-10-5-7-11(8-6-10)18(19)20/h5-9,13,16H,2-4H2,1H3/t13-/m0/s1. The molecule has 1 aromatic heterocycles. The fourth-order valence-electron chi connectivity index (χ4n) is 2.74. The van der Waals surface area contributed by atoms with E-state index in [9.17, 15) is 10.1 Å². The molecular formula is C14H16N4O2. The van der Waals surface area contributed by atoms with Crippen molar-refractivity contribution in [3.05, 3.63) is 51.8 Å². The minimum atomic E-state index is -0.385. The van der Waals surface area contributed by atoms with Gasteiger partial charge < -0.3 is 5.32 Å². The fourth-order valence-corrected chi connectivity index (χ4v) is 2.74. The lowest BCUT2D eigenvalue weighted by Gasteiger charge is -2.24. The topological polar surface area (TPSA) is 73.0 Å². The highest BCUT2D eigenvalue weighted by Gasteiger charge is 2.23. The van der Waals surface area contributed by atoms with E-state index in [0.29, 0.717) is 0 Å². The lowest BCUT2D eigenvalue weighted by molar-refractivity contribution is -0.384. The van der Waals surface area contributed by atoms with Crippen molar-refractivity contribution in [2.24, 2.45) is 7.05 Å². The van der Waals surface area contributed by atoms with Crippen molar-refractivity contribution >= 4 is 11.4 Å². The first-order chi connectivity index (χ1) is 9.65. The zero-order chi connectivity index (χ0) is 14.1. The van der Waals surface area contributed by atoms with E-state index in [-0.39, 0.29) is 16.7 Å². The second-order valence-electron chi connectivity index (χ2n) is 5.06.